The van der Waals surface area contributed by atoms with Gasteiger partial charge in [0, 0.05) is 11.9 Å². The fraction of sp³-hybridized carbons (Fsp3) is 0.450. The van der Waals surface area contributed by atoms with Crippen LogP contribution < -0.4 is 5.32 Å². The highest BCUT2D eigenvalue weighted by Gasteiger charge is 2.11. The predicted molar refractivity (Wildman–Crippen MR) is 99.5 cm³/mol. The number of anilines is 1. The summed E-state index contributed by atoms with van der Waals surface area (Å²) in [6.07, 6.45) is 8.32. The van der Waals surface area contributed by atoms with Crippen molar-refractivity contribution in [3.63, 3.8) is 0 Å². The van der Waals surface area contributed by atoms with Crippen molar-refractivity contribution in [3.05, 3.63) is 36.6 Å². The highest BCUT2D eigenvalue weighted by Crippen LogP contribution is 2.31. The summed E-state index contributed by atoms with van der Waals surface area (Å²) in [5.74, 6) is 0. The van der Waals surface area contributed by atoms with Gasteiger partial charge in [-0.05, 0) is 57.5 Å². The molecule has 4 heteroatoms. The van der Waals surface area contributed by atoms with Gasteiger partial charge in [0.2, 0.25) is 5.71 Å². The number of aromatic nitrogens is 1. The van der Waals surface area contributed by atoms with Crippen LogP contribution in [0.3, 0.4) is 0 Å². The number of likely N-dealkylation sites (tertiary alicyclic amines) is 1. The normalized spacial score (nSPS) is 16.0. The first-order valence-electron chi connectivity index (χ1n) is 9.14. The first-order valence-corrected chi connectivity index (χ1v) is 9.14. The van der Waals surface area contributed by atoms with E-state index in [0.29, 0.717) is 5.71 Å². The van der Waals surface area contributed by atoms with Crippen molar-refractivity contribution < 1.29 is 4.42 Å². The Morgan fingerprint density at radius 3 is 2.79 bits per heavy atom. The Morgan fingerprint density at radius 2 is 1.88 bits per heavy atom. The van der Waals surface area contributed by atoms with Crippen molar-refractivity contribution in [2.45, 2.75) is 32.1 Å². The largest absolute Gasteiger partial charge is 0.446 e. The van der Waals surface area contributed by atoms with Gasteiger partial charge in [-0.25, -0.2) is 4.98 Å². The minimum absolute atomic E-state index is 0.713. The number of rotatable bonds is 6. The molecule has 0 saturated carbocycles. The summed E-state index contributed by atoms with van der Waals surface area (Å²) < 4.78 is 5.52. The Balaban J connectivity index is 1.40. The third-order valence-electron chi connectivity index (χ3n) is 4.96. The lowest BCUT2D eigenvalue weighted by molar-refractivity contribution is 0.225. The standard InChI is InChI=1S/C20H25N3O/c1-5-12-23(13-6-1)14-7-4-11-21-19-16-8-2-3-9-18(16)22-20-17(19)10-15-24-20/h2-3,8-10,15H,1,4-7,11-14H2,(H,21,22). The van der Waals surface area contributed by atoms with E-state index in [9.17, 15) is 0 Å². The number of hydrogen-bond donors (Lipinski definition) is 1. The van der Waals surface area contributed by atoms with E-state index in [1.54, 1.807) is 6.26 Å². The van der Waals surface area contributed by atoms with Gasteiger partial charge >= 0.3 is 0 Å². The molecule has 0 radical (unpaired) electrons. The fourth-order valence-corrected chi connectivity index (χ4v) is 3.66. The Kier molecular flexibility index (Phi) is 4.65. The SMILES string of the molecule is c1ccc2c(NCCCCN3CCCCC3)c3ccoc3nc2c1. The van der Waals surface area contributed by atoms with E-state index in [0.717, 1.165) is 23.1 Å². The lowest BCUT2D eigenvalue weighted by atomic mass is 10.1. The van der Waals surface area contributed by atoms with Gasteiger partial charge in [-0.3, -0.25) is 0 Å². The number of piperidine rings is 1. The molecule has 2 aromatic heterocycles. The van der Waals surface area contributed by atoms with Crippen LogP contribution in [0.4, 0.5) is 5.69 Å². The van der Waals surface area contributed by atoms with Crippen LogP contribution in [-0.4, -0.2) is 36.1 Å². The van der Waals surface area contributed by atoms with E-state index in [1.807, 2.05) is 18.2 Å². The Labute approximate surface area is 142 Å². The summed E-state index contributed by atoms with van der Waals surface area (Å²) in [4.78, 5) is 7.20. The summed E-state index contributed by atoms with van der Waals surface area (Å²) in [5, 5.41) is 5.88. The molecular formula is C20H25N3O. The van der Waals surface area contributed by atoms with Crippen molar-refractivity contribution in [2.75, 3.05) is 31.5 Å². The van der Waals surface area contributed by atoms with E-state index >= 15 is 0 Å². The van der Waals surface area contributed by atoms with Gasteiger partial charge in [0.05, 0.1) is 22.9 Å². The summed E-state index contributed by atoms with van der Waals surface area (Å²) in [5.41, 5.74) is 2.85. The number of unbranched alkanes of at least 4 members (excludes halogenated alkanes) is 1. The number of benzene rings is 1. The highest BCUT2D eigenvalue weighted by atomic mass is 16.3. The maximum absolute atomic E-state index is 5.52. The van der Waals surface area contributed by atoms with Crippen LogP contribution in [0.1, 0.15) is 32.1 Å². The van der Waals surface area contributed by atoms with Gasteiger partial charge in [0.15, 0.2) is 0 Å². The number of nitrogens with one attached hydrogen (secondary N) is 1. The molecular weight excluding hydrogens is 298 g/mol. The number of nitrogens with zero attached hydrogens (tertiary/aromatic N) is 2. The Bertz CT molecular complexity index is 805. The average Bonchev–Trinajstić information content (AvgIpc) is 3.10. The van der Waals surface area contributed by atoms with E-state index in [4.69, 9.17) is 4.42 Å². The molecule has 1 fully saturated rings. The molecule has 1 aliphatic heterocycles. The highest BCUT2D eigenvalue weighted by molar-refractivity contribution is 6.05. The van der Waals surface area contributed by atoms with Crippen LogP contribution in [0.2, 0.25) is 0 Å². The molecule has 4 nitrogen and oxygen atoms in total. The molecule has 4 rings (SSSR count). The van der Waals surface area contributed by atoms with Gasteiger partial charge in [0.1, 0.15) is 0 Å². The van der Waals surface area contributed by atoms with Gasteiger partial charge in [-0.1, -0.05) is 24.6 Å². The van der Waals surface area contributed by atoms with Crippen LogP contribution in [0.25, 0.3) is 22.0 Å². The fourth-order valence-electron chi connectivity index (χ4n) is 3.66. The molecule has 0 bridgehead atoms. The maximum atomic E-state index is 5.52. The van der Waals surface area contributed by atoms with Gasteiger partial charge < -0.3 is 14.6 Å². The topological polar surface area (TPSA) is 41.3 Å². The summed E-state index contributed by atoms with van der Waals surface area (Å²) in [6, 6.07) is 10.3. The molecule has 126 valence electrons. The molecule has 0 aliphatic carbocycles. The number of hydrogen-bond acceptors (Lipinski definition) is 4. The van der Waals surface area contributed by atoms with Crippen LogP contribution >= 0.6 is 0 Å². The zero-order valence-electron chi connectivity index (χ0n) is 14.1. The minimum Gasteiger partial charge on any atom is -0.446 e. The van der Waals surface area contributed by atoms with E-state index < -0.39 is 0 Å². The summed E-state index contributed by atoms with van der Waals surface area (Å²) in [7, 11) is 0. The Morgan fingerprint density at radius 1 is 1.00 bits per heavy atom. The third-order valence-corrected chi connectivity index (χ3v) is 4.96. The zero-order chi connectivity index (χ0) is 16.2. The first kappa shape index (κ1) is 15.5. The van der Waals surface area contributed by atoms with Crippen LogP contribution in [-0.2, 0) is 0 Å². The molecule has 24 heavy (non-hydrogen) atoms. The molecule has 0 spiro atoms. The molecule has 0 amide bonds. The molecule has 1 saturated heterocycles. The Hall–Kier alpha value is -2.07. The number of furan rings is 1. The van der Waals surface area contributed by atoms with E-state index in [-0.39, 0.29) is 0 Å². The second-order valence-electron chi connectivity index (χ2n) is 6.68. The minimum atomic E-state index is 0.713. The molecule has 1 aliphatic rings. The smallest absolute Gasteiger partial charge is 0.228 e. The van der Waals surface area contributed by atoms with Crippen molar-refractivity contribution in [1.82, 2.24) is 9.88 Å². The third kappa shape index (κ3) is 3.24. The van der Waals surface area contributed by atoms with E-state index in [1.165, 1.54) is 57.1 Å². The molecule has 3 aromatic rings. The van der Waals surface area contributed by atoms with Gasteiger partial charge in [-0.2, -0.15) is 0 Å². The van der Waals surface area contributed by atoms with Crippen LogP contribution in [0.15, 0.2) is 41.0 Å². The first-order chi connectivity index (χ1) is 11.9. The van der Waals surface area contributed by atoms with Crippen molar-refractivity contribution >= 4 is 27.7 Å². The predicted octanol–water partition coefficient (Wildman–Crippen LogP) is 4.66. The second kappa shape index (κ2) is 7.22. The molecule has 1 aromatic carbocycles. The second-order valence-corrected chi connectivity index (χ2v) is 6.68. The van der Waals surface area contributed by atoms with Crippen LogP contribution in [0.5, 0.6) is 0 Å². The van der Waals surface area contributed by atoms with Crippen molar-refractivity contribution in [1.29, 1.82) is 0 Å². The molecule has 0 unspecified atom stereocenters. The monoisotopic (exact) mass is 323 g/mol. The average molecular weight is 323 g/mol. The number of pyridine rings is 1. The van der Waals surface area contributed by atoms with Crippen molar-refractivity contribution in [3.8, 4) is 0 Å². The summed E-state index contributed by atoms with van der Waals surface area (Å²) >= 11 is 0. The quantitative estimate of drug-likeness (QED) is 0.670. The van der Waals surface area contributed by atoms with Gasteiger partial charge in [-0.15, -0.1) is 0 Å². The number of fused-ring (bicyclic) bond motifs is 2. The number of para-hydroxylation sites is 1. The molecule has 1 N–H and O–H groups in total. The van der Waals surface area contributed by atoms with Gasteiger partial charge in [0.25, 0.3) is 0 Å². The lowest BCUT2D eigenvalue weighted by Crippen LogP contribution is -2.30. The zero-order valence-corrected chi connectivity index (χ0v) is 14.1. The lowest BCUT2D eigenvalue weighted by Gasteiger charge is -2.26. The van der Waals surface area contributed by atoms with Crippen LogP contribution in [0, 0.1) is 0 Å². The molecule has 0 atom stereocenters. The van der Waals surface area contributed by atoms with Crippen molar-refractivity contribution in [2.24, 2.45) is 0 Å². The molecule has 3 heterocycles. The summed E-state index contributed by atoms with van der Waals surface area (Å²) in [6.45, 7) is 4.80. The maximum Gasteiger partial charge on any atom is 0.228 e. The van der Waals surface area contributed by atoms with E-state index in [2.05, 4.69) is 27.3 Å².